The number of halogens is 4. The van der Waals surface area contributed by atoms with Gasteiger partial charge in [-0.3, -0.25) is 9.88 Å². The second-order valence-electron chi connectivity index (χ2n) is 7.69. The van der Waals surface area contributed by atoms with Crippen LogP contribution in [0.2, 0.25) is 0 Å². The molecule has 0 spiro atoms. The van der Waals surface area contributed by atoms with Gasteiger partial charge in [-0.05, 0) is 32.0 Å². The van der Waals surface area contributed by atoms with E-state index in [9.17, 15) is 22.8 Å². The summed E-state index contributed by atoms with van der Waals surface area (Å²) in [7, 11) is 0. The minimum absolute atomic E-state index is 0.0876. The van der Waals surface area contributed by atoms with Crippen LogP contribution in [-0.4, -0.2) is 31.9 Å². The Morgan fingerprint density at radius 1 is 1.25 bits per heavy atom. The molecule has 166 valence electrons. The first-order chi connectivity index (χ1) is 15.1. The normalized spacial score (nSPS) is 14.8. The molecule has 6 nitrogen and oxygen atoms in total. The van der Waals surface area contributed by atoms with E-state index >= 15 is 0 Å². The number of fused-ring (bicyclic) bond motifs is 1. The minimum atomic E-state index is -4.50. The lowest BCUT2D eigenvalue weighted by Crippen LogP contribution is -2.31. The molecule has 32 heavy (non-hydrogen) atoms. The van der Waals surface area contributed by atoms with E-state index in [0.29, 0.717) is 35.6 Å². The van der Waals surface area contributed by atoms with Crippen molar-refractivity contribution in [2.45, 2.75) is 45.8 Å². The van der Waals surface area contributed by atoms with Gasteiger partial charge < -0.3 is 4.74 Å². The van der Waals surface area contributed by atoms with Crippen LogP contribution in [0.3, 0.4) is 0 Å². The van der Waals surface area contributed by atoms with Crippen LogP contribution < -0.4 is 4.74 Å². The lowest BCUT2D eigenvalue weighted by molar-refractivity contribution is -0.189. The van der Waals surface area contributed by atoms with Crippen molar-refractivity contribution >= 4 is 0 Å². The number of benzene rings is 1. The summed E-state index contributed by atoms with van der Waals surface area (Å²) in [5, 5.41) is 13.7. The van der Waals surface area contributed by atoms with Gasteiger partial charge in [0.05, 0.1) is 34.9 Å². The van der Waals surface area contributed by atoms with Crippen molar-refractivity contribution in [3.05, 3.63) is 70.6 Å². The molecule has 0 aliphatic carbocycles. The fraction of sp³-hybridized carbons (Fsp3) is 0.318. The van der Waals surface area contributed by atoms with Gasteiger partial charge in [-0.25, -0.2) is 9.07 Å². The number of alkyl halides is 3. The number of aryl methyl sites for hydroxylation is 1. The number of pyridine rings is 1. The minimum Gasteiger partial charge on any atom is -0.481 e. The molecule has 1 aliphatic heterocycles. The first-order valence-corrected chi connectivity index (χ1v) is 9.82. The molecule has 0 amide bonds. The summed E-state index contributed by atoms with van der Waals surface area (Å²) in [6.45, 7) is 3.76. The Kier molecular flexibility index (Phi) is 5.60. The summed E-state index contributed by atoms with van der Waals surface area (Å²) >= 11 is 0. The first-order valence-electron chi connectivity index (χ1n) is 9.82. The van der Waals surface area contributed by atoms with E-state index in [1.807, 2.05) is 11.0 Å². The van der Waals surface area contributed by atoms with E-state index in [1.165, 1.54) is 30.5 Å². The Bertz CT molecular complexity index is 1170. The van der Waals surface area contributed by atoms with Crippen molar-refractivity contribution < 1.29 is 22.3 Å². The molecular formula is C22H19F4N5O. The van der Waals surface area contributed by atoms with Crippen LogP contribution in [0.4, 0.5) is 17.6 Å². The summed E-state index contributed by atoms with van der Waals surface area (Å²) in [5.41, 5.74) is 3.35. The number of nitriles is 1. The van der Waals surface area contributed by atoms with Crippen molar-refractivity contribution in [1.29, 1.82) is 5.26 Å². The van der Waals surface area contributed by atoms with Crippen LogP contribution in [-0.2, 0) is 19.6 Å². The summed E-state index contributed by atoms with van der Waals surface area (Å²) < 4.78 is 59.4. The standard InChI is InChI=1S/C22H19F4N5O/c1-13-19(23)6-18(8-28-13)31-11-17-10-30(12-20(17)29-31)9-16-5-15(7-27)3-4-21(16)32-14(2)22(24,25)26/h3-6,8,11,14H,9-10,12H2,1-2H3. The zero-order valence-electron chi connectivity index (χ0n) is 17.3. The summed E-state index contributed by atoms with van der Waals surface area (Å²) in [6.07, 6.45) is -3.15. The predicted octanol–water partition coefficient (Wildman–Crippen LogP) is 4.43. The molecule has 0 saturated carbocycles. The van der Waals surface area contributed by atoms with Crippen molar-refractivity contribution in [2.75, 3.05) is 0 Å². The third-order valence-corrected chi connectivity index (χ3v) is 5.27. The van der Waals surface area contributed by atoms with E-state index in [-0.39, 0.29) is 12.3 Å². The van der Waals surface area contributed by atoms with Gasteiger partial charge in [0.25, 0.3) is 0 Å². The number of hydrogen-bond acceptors (Lipinski definition) is 5. The molecule has 0 N–H and O–H groups in total. The maximum atomic E-state index is 13.8. The fourth-order valence-electron chi connectivity index (χ4n) is 3.47. The quantitative estimate of drug-likeness (QED) is 0.544. The van der Waals surface area contributed by atoms with Crippen LogP contribution in [0.15, 0.2) is 36.7 Å². The lowest BCUT2D eigenvalue weighted by Gasteiger charge is -2.22. The molecule has 1 unspecified atom stereocenters. The highest BCUT2D eigenvalue weighted by Gasteiger charge is 2.38. The molecule has 0 saturated heterocycles. The number of hydrogen-bond donors (Lipinski definition) is 0. The second kappa shape index (κ2) is 8.24. The smallest absolute Gasteiger partial charge is 0.425 e. The van der Waals surface area contributed by atoms with Gasteiger partial charge in [-0.1, -0.05) is 0 Å². The molecule has 3 aromatic rings. The third-order valence-electron chi connectivity index (χ3n) is 5.27. The van der Waals surface area contributed by atoms with E-state index in [2.05, 4.69) is 10.1 Å². The average molecular weight is 445 g/mol. The highest BCUT2D eigenvalue weighted by Crippen LogP contribution is 2.31. The number of ether oxygens (including phenoxy) is 1. The van der Waals surface area contributed by atoms with E-state index in [1.54, 1.807) is 17.8 Å². The van der Waals surface area contributed by atoms with E-state index in [4.69, 9.17) is 4.74 Å². The van der Waals surface area contributed by atoms with Crippen LogP contribution in [0.5, 0.6) is 5.75 Å². The molecule has 0 bridgehead atoms. The van der Waals surface area contributed by atoms with Crippen LogP contribution >= 0.6 is 0 Å². The number of rotatable bonds is 5. The monoisotopic (exact) mass is 445 g/mol. The van der Waals surface area contributed by atoms with Gasteiger partial charge in [0.1, 0.15) is 11.6 Å². The van der Waals surface area contributed by atoms with Crippen LogP contribution in [0, 0.1) is 24.1 Å². The maximum absolute atomic E-state index is 13.8. The maximum Gasteiger partial charge on any atom is 0.425 e. The van der Waals surface area contributed by atoms with E-state index < -0.39 is 18.1 Å². The zero-order valence-corrected chi connectivity index (χ0v) is 17.3. The molecule has 1 aliphatic rings. The second-order valence-corrected chi connectivity index (χ2v) is 7.69. The van der Waals surface area contributed by atoms with Crippen LogP contribution in [0.1, 0.15) is 35.0 Å². The molecule has 1 aromatic carbocycles. The Labute approximate surface area is 181 Å². The SMILES string of the molecule is Cc1ncc(-n2cc3c(n2)CN(Cc2cc(C#N)ccc2OC(C)C(F)(F)F)C3)cc1F. The molecule has 0 fully saturated rings. The molecule has 4 rings (SSSR count). The molecule has 0 radical (unpaired) electrons. The topological polar surface area (TPSA) is 67.0 Å². The van der Waals surface area contributed by atoms with Gasteiger partial charge in [0.15, 0.2) is 6.10 Å². The Morgan fingerprint density at radius 3 is 2.69 bits per heavy atom. The summed E-state index contributed by atoms with van der Waals surface area (Å²) in [5.74, 6) is -0.331. The molecule has 2 aromatic heterocycles. The third kappa shape index (κ3) is 4.43. The van der Waals surface area contributed by atoms with Crippen molar-refractivity contribution in [1.82, 2.24) is 19.7 Å². The highest BCUT2D eigenvalue weighted by atomic mass is 19.4. The molecule has 10 heteroatoms. The number of nitrogens with zero attached hydrogens (tertiary/aromatic N) is 5. The predicted molar refractivity (Wildman–Crippen MR) is 106 cm³/mol. The Hall–Kier alpha value is -3.45. The van der Waals surface area contributed by atoms with Crippen molar-refractivity contribution in [2.24, 2.45) is 0 Å². The van der Waals surface area contributed by atoms with Gasteiger partial charge in [0.2, 0.25) is 0 Å². The van der Waals surface area contributed by atoms with Gasteiger partial charge >= 0.3 is 6.18 Å². The Balaban J connectivity index is 1.51. The Morgan fingerprint density at radius 2 is 2.03 bits per heavy atom. The summed E-state index contributed by atoms with van der Waals surface area (Å²) in [4.78, 5) is 5.99. The average Bonchev–Trinajstić information content (AvgIpc) is 3.29. The first kappa shape index (κ1) is 21.8. The summed E-state index contributed by atoms with van der Waals surface area (Å²) in [6, 6.07) is 7.72. The molecule has 3 heterocycles. The van der Waals surface area contributed by atoms with Gasteiger partial charge in [0, 0.05) is 43.0 Å². The molecular weight excluding hydrogens is 426 g/mol. The lowest BCUT2D eigenvalue weighted by atomic mass is 10.1. The van der Waals surface area contributed by atoms with Gasteiger partial charge in [-0.15, -0.1) is 0 Å². The largest absolute Gasteiger partial charge is 0.481 e. The van der Waals surface area contributed by atoms with Gasteiger partial charge in [-0.2, -0.15) is 23.5 Å². The van der Waals surface area contributed by atoms with Crippen LogP contribution in [0.25, 0.3) is 5.69 Å². The molecule has 1 atom stereocenters. The highest BCUT2D eigenvalue weighted by molar-refractivity contribution is 5.42. The van der Waals surface area contributed by atoms with E-state index in [0.717, 1.165) is 18.2 Å². The fourth-order valence-corrected chi connectivity index (χ4v) is 3.47. The number of aromatic nitrogens is 3. The zero-order chi connectivity index (χ0) is 23.0. The van der Waals surface area contributed by atoms with Crippen molar-refractivity contribution in [3.8, 4) is 17.5 Å². The van der Waals surface area contributed by atoms with Crippen molar-refractivity contribution in [3.63, 3.8) is 0 Å².